The van der Waals surface area contributed by atoms with Gasteiger partial charge < -0.3 is 14.2 Å². The number of benzene rings is 3. The van der Waals surface area contributed by atoms with Crippen molar-refractivity contribution in [2.75, 3.05) is 33.9 Å². The van der Waals surface area contributed by atoms with Crippen molar-refractivity contribution in [3.63, 3.8) is 0 Å². The van der Waals surface area contributed by atoms with Gasteiger partial charge in [-0.2, -0.15) is 0 Å². The first-order valence-corrected chi connectivity index (χ1v) is 13.5. The molecule has 2 aliphatic rings. The highest BCUT2D eigenvalue weighted by Crippen LogP contribution is 2.40. The number of ether oxygens (including phenoxy) is 3. The highest BCUT2D eigenvalue weighted by Gasteiger charge is 2.31. The molecule has 0 aromatic heterocycles. The second-order valence-corrected chi connectivity index (χ2v) is 10.7. The smallest absolute Gasteiger partial charge is 0.193 e. The topological polar surface area (TPSA) is 48.0 Å². The molecule has 1 saturated heterocycles. The number of likely N-dealkylation sites (tertiary alicyclic amines) is 1. The Morgan fingerprint density at radius 3 is 2.21 bits per heavy atom. The van der Waals surface area contributed by atoms with E-state index in [9.17, 15) is 4.79 Å². The fourth-order valence-corrected chi connectivity index (χ4v) is 5.73. The summed E-state index contributed by atoms with van der Waals surface area (Å²) < 4.78 is 16.8. The Morgan fingerprint density at radius 2 is 1.55 bits per heavy atom. The van der Waals surface area contributed by atoms with Crippen molar-refractivity contribution in [2.24, 2.45) is 0 Å². The van der Waals surface area contributed by atoms with Crippen LogP contribution in [-0.4, -0.2) is 50.1 Å². The molecule has 1 heterocycles. The zero-order valence-corrected chi connectivity index (χ0v) is 22.9. The van der Waals surface area contributed by atoms with Crippen LogP contribution in [0.4, 0.5) is 0 Å². The molecule has 38 heavy (non-hydrogen) atoms. The molecule has 0 unspecified atom stereocenters. The van der Waals surface area contributed by atoms with Gasteiger partial charge in [-0.05, 0) is 117 Å². The second kappa shape index (κ2) is 11.0. The summed E-state index contributed by atoms with van der Waals surface area (Å²) in [5.41, 5.74) is 5.86. The van der Waals surface area contributed by atoms with Crippen molar-refractivity contribution in [2.45, 2.75) is 45.1 Å². The van der Waals surface area contributed by atoms with Crippen molar-refractivity contribution in [1.29, 1.82) is 0 Å². The predicted molar refractivity (Wildman–Crippen MR) is 152 cm³/mol. The zero-order valence-electron chi connectivity index (χ0n) is 22.9. The summed E-state index contributed by atoms with van der Waals surface area (Å²) in [5, 5.41) is 0. The fraction of sp³-hybridized carbons (Fsp3) is 0.364. The van der Waals surface area contributed by atoms with Crippen LogP contribution in [0.3, 0.4) is 0 Å². The van der Waals surface area contributed by atoms with Crippen molar-refractivity contribution < 1.29 is 19.0 Å². The van der Waals surface area contributed by atoms with Crippen LogP contribution >= 0.6 is 0 Å². The SMILES string of the molecule is COc1ccc(C2=C(C(=O)c3ccc(OCCN4CCCC4(C)C)cc3)c3ccc(OC)cc3CC2)cc1. The average Bonchev–Trinajstić information content (AvgIpc) is 3.29. The van der Waals surface area contributed by atoms with Gasteiger partial charge in [0.15, 0.2) is 5.78 Å². The molecule has 5 heteroatoms. The lowest BCUT2D eigenvalue weighted by Gasteiger charge is -2.31. The van der Waals surface area contributed by atoms with Gasteiger partial charge in [-0.1, -0.05) is 18.2 Å². The molecule has 3 aromatic carbocycles. The maximum atomic E-state index is 14.0. The van der Waals surface area contributed by atoms with E-state index in [1.54, 1.807) is 14.2 Å². The molecular weight excluding hydrogens is 474 g/mol. The Bertz CT molecular complexity index is 1320. The van der Waals surface area contributed by atoms with Crippen molar-refractivity contribution in [3.05, 3.63) is 89.0 Å². The summed E-state index contributed by atoms with van der Waals surface area (Å²) >= 11 is 0. The number of ketones is 1. The largest absolute Gasteiger partial charge is 0.497 e. The Labute approximate surface area is 226 Å². The number of nitrogens with zero attached hydrogens (tertiary/aromatic N) is 1. The number of hydrogen-bond acceptors (Lipinski definition) is 5. The van der Waals surface area contributed by atoms with E-state index in [4.69, 9.17) is 14.2 Å². The molecule has 0 spiro atoms. The van der Waals surface area contributed by atoms with E-state index < -0.39 is 0 Å². The lowest BCUT2D eigenvalue weighted by atomic mass is 9.79. The van der Waals surface area contributed by atoms with Crippen LogP contribution < -0.4 is 14.2 Å². The lowest BCUT2D eigenvalue weighted by molar-refractivity contribution is 0.105. The first-order chi connectivity index (χ1) is 18.4. The van der Waals surface area contributed by atoms with Gasteiger partial charge in [-0.15, -0.1) is 0 Å². The molecule has 5 rings (SSSR count). The predicted octanol–water partition coefficient (Wildman–Crippen LogP) is 6.70. The molecule has 0 saturated carbocycles. The number of rotatable bonds is 9. The molecule has 0 N–H and O–H groups in total. The van der Waals surface area contributed by atoms with Gasteiger partial charge in [0.25, 0.3) is 0 Å². The first kappa shape index (κ1) is 26.1. The van der Waals surface area contributed by atoms with E-state index in [-0.39, 0.29) is 11.3 Å². The van der Waals surface area contributed by atoms with E-state index in [0.717, 1.165) is 71.0 Å². The summed E-state index contributed by atoms with van der Waals surface area (Å²) in [6.07, 6.45) is 4.11. The molecule has 0 amide bonds. The van der Waals surface area contributed by atoms with Gasteiger partial charge in [0, 0.05) is 23.2 Å². The van der Waals surface area contributed by atoms with E-state index >= 15 is 0 Å². The van der Waals surface area contributed by atoms with Crippen molar-refractivity contribution in [1.82, 2.24) is 4.90 Å². The maximum Gasteiger partial charge on any atom is 0.193 e. The molecule has 0 bridgehead atoms. The van der Waals surface area contributed by atoms with Crippen LogP contribution in [0.2, 0.25) is 0 Å². The van der Waals surface area contributed by atoms with Crippen LogP contribution in [0.1, 0.15) is 60.2 Å². The number of carbonyl (C=O) groups excluding carboxylic acids is 1. The van der Waals surface area contributed by atoms with Gasteiger partial charge in [0.05, 0.1) is 14.2 Å². The highest BCUT2D eigenvalue weighted by atomic mass is 16.5. The zero-order chi connectivity index (χ0) is 26.7. The van der Waals surface area contributed by atoms with E-state index in [1.807, 2.05) is 66.7 Å². The molecule has 198 valence electrons. The Balaban J connectivity index is 1.40. The van der Waals surface area contributed by atoms with Gasteiger partial charge in [0.2, 0.25) is 0 Å². The highest BCUT2D eigenvalue weighted by molar-refractivity contribution is 6.35. The molecule has 3 aromatic rings. The average molecular weight is 512 g/mol. The Morgan fingerprint density at radius 1 is 0.868 bits per heavy atom. The third-order valence-electron chi connectivity index (χ3n) is 8.01. The van der Waals surface area contributed by atoms with Gasteiger partial charge in [-0.3, -0.25) is 9.69 Å². The second-order valence-electron chi connectivity index (χ2n) is 10.7. The minimum atomic E-state index is 0.0206. The minimum absolute atomic E-state index is 0.0206. The lowest BCUT2D eigenvalue weighted by Crippen LogP contribution is -2.40. The Kier molecular flexibility index (Phi) is 7.57. The fourth-order valence-electron chi connectivity index (χ4n) is 5.73. The molecule has 0 radical (unpaired) electrons. The summed E-state index contributed by atoms with van der Waals surface area (Å²) in [5.74, 6) is 2.42. The van der Waals surface area contributed by atoms with Gasteiger partial charge in [0.1, 0.15) is 23.9 Å². The monoisotopic (exact) mass is 511 g/mol. The first-order valence-electron chi connectivity index (χ1n) is 13.5. The number of fused-ring (bicyclic) bond motifs is 1. The molecule has 1 aliphatic carbocycles. The standard InChI is InChI=1S/C33H37NO4/c1-33(2)18-5-19-34(33)20-21-38-27-13-8-24(9-14-27)32(35)31-29(23-6-11-26(36-3)12-7-23)16-10-25-22-28(37-4)15-17-30(25)31/h6-9,11-15,17,22H,5,10,16,18-21H2,1-4H3. The number of Topliss-reactive ketones (excluding diaryl/α,β-unsaturated/α-hetero) is 1. The van der Waals surface area contributed by atoms with Crippen molar-refractivity contribution >= 4 is 16.9 Å². The maximum absolute atomic E-state index is 14.0. The third kappa shape index (κ3) is 5.34. The van der Waals surface area contributed by atoms with Gasteiger partial charge in [-0.25, -0.2) is 0 Å². The van der Waals surface area contributed by atoms with Crippen LogP contribution in [0.15, 0.2) is 66.7 Å². The Hall–Kier alpha value is -3.57. The summed E-state index contributed by atoms with van der Waals surface area (Å²) in [7, 11) is 3.33. The van der Waals surface area contributed by atoms with Crippen LogP contribution in [0, 0.1) is 0 Å². The van der Waals surface area contributed by atoms with Crippen LogP contribution in [0.5, 0.6) is 17.2 Å². The summed E-state index contributed by atoms with van der Waals surface area (Å²) in [4.78, 5) is 16.5. The molecule has 0 atom stereocenters. The molecule has 5 nitrogen and oxygen atoms in total. The van der Waals surface area contributed by atoms with Crippen molar-refractivity contribution in [3.8, 4) is 17.2 Å². The number of methoxy groups -OCH3 is 2. The number of carbonyl (C=O) groups is 1. The molecule has 1 fully saturated rings. The van der Waals surface area contributed by atoms with E-state index in [2.05, 4.69) is 18.7 Å². The van der Waals surface area contributed by atoms with Crippen LogP contribution in [0.25, 0.3) is 11.1 Å². The van der Waals surface area contributed by atoms with E-state index in [0.29, 0.717) is 12.2 Å². The van der Waals surface area contributed by atoms with Crippen LogP contribution in [-0.2, 0) is 6.42 Å². The molecule has 1 aliphatic heterocycles. The minimum Gasteiger partial charge on any atom is -0.497 e. The summed E-state index contributed by atoms with van der Waals surface area (Å²) in [6, 6.07) is 21.5. The molecular formula is C33H37NO4. The number of hydrogen-bond donors (Lipinski definition) is 0. The summed E-state index contributed by atoms with van der Waals surface area (Å²) in [6.45, 7) is 7.27. The number of aryl methyl sites for hydroxylation is 1. The third-order valence-corrected chi connectivity index (χ3v) is 8.01. The van der Waals surface area contributed by atoms with E-state index in [1.165, 1.54) is 12.8 Å². The normalized spacial score (nSPS) is 16.7. The quantitative estimate of drug-likeness (QED) is 0.299. The number of allylic oxidation sites excluding steroid dienone is 2. The van der Waals surface area contributed by atoms with Gasteiger partial charge >= 0.3 is 0 Å².